The van der Waals surface area contributed by atoms with Crippen LogP contribution in [0.5, 0.6) is 0 Å². The molecule has 1 saturated heterocycles. The lowest BCUT2D eigenvalue weighted by Gasteiger charge is -2.38. The molecule has 2 heterocycles. The Kier molecular flexibility index (Phi) is 6.36. The van der Waals surface area contributed by atoms with Gasteiger partial charge < -0.3 is 9.80 Å². The van der Waals surface area contributed by atoms with Crippen LogP contribution >= 0.6 is 11.6 Å². The van der Waals surface area contributed by atoms with E-state index in [0.717, 1.165) is 39.1 Å². The van der Waals surface area contributed by atoms with E-state index in [1.807, 2.05) is 0 Å². The lowest BCUT2D eigenvalue weighted by atomic mass is 10.0. The van der Waals surface area contributed by atoms with E-state index in [4.69, 9.17) is 11.6 Å². The number of nitrogens with one attached hydrogen (secondary N) is 1. The van der Waals surface area contributed by atoms with Gasteiger partial charge in [0.25, 0.3) is 0 Å². The van der Waals surface area contributed by atoms with Gasteiger partial charge in [0.1, 0.15) is 0 Å². The van der Waals surface area contributed by atoms with Crippen LogP contribution in [0.25, 0.3) is 0 Å². The molecule has 2 aliphatic heterocycles. The van der Waals surface area contributed by atoms with E-state index in [0.29, 0.717) is 11.6 Å². The second kappa shape index (κ2) is 8.85. The van der Waals surface area contributed by atoms with Crippen LogP contribution in [0.15, 0.2) is 47.4 Å². The van der Waals surface area contributed by atoms with E-state index in [2.05, 4.69) is 51.7 Å². The molecule has 0 aliphatic carbocycles. The van der Waals surface area contributed by atoms with Gasteiger partial charge in [-0.1, -0.05) is 23.7 Å². The summed E-state index contributed by atoms with van der Waals surface area (Å²) in [6, 6.07) is 12.9. The topological polar surface area (TPSA) is 55.9 Å². The lowest BCUT2D eigenvalue weighted by molar-refractivity contribution is 0.113. The normalized spacial score (nSPS) is 19.1. The maximum atomic E-state index is 12.9. The highest BCUT2D eigenvalue weighted by Crippen LogP contribution is 2.31. The minimum Gasteiger partial charge on any atom is -0.374 e. The molecular formula is C22H29ClN4O2S. The average Bonchev–Trinajstić information content (AvgIpc) is 3.10. The van der Waals surface area contributed by atoms with Crippen molar-refractivity contribution >= 4 is 27.3 Å². The molecule has 2 aliphatic rings. The highest BCUT2D eigenvalue weighted by Gasteiger charge is 2.27. The van der Waals surface area contributed by atoms with Gasteiger partial charge in [0.2, 0.25) is 10.0 Å². The Bertz CT molecular complexity index is 989. The minimum absolute atomic E-state index is 0.00280. The van der Waals surface area contributed by atoms with Crippen molar-refractivity contribution in [2.45, 2.75) is 17.4 Å². The number of hydrogen-bond donors (Lipinski definition) is 1. The third-order valence-electron chi connectivity index (χ3n) is 6.19. The molecule has 0 unspecified atom stereocenters. The molecular weight excluding hydrogens is 420 g/mol. The van der Waals surface area contributed by atoms with Crippen LogP contribution in [0.4, 0.5) is 5.69 Å². The van der Waals surface area contributed by atoms with Crippen molar-refractivity contribution in [1.82, 2.24) is 14.5 Å². The molecule has 0 aromatic heterocycles. The summed E-state index contributed by atoms with van der Waals surface area (Å²) in [5.41, 5.74) is 3.79. The fourth-order valence-electron chi connectivity index (χ4n) is 4.27. The molecule has 1 N–H and O–H groups in total. The van der Waals surface area contributed by atoms with Gasteiger partial charge in [0, 0.05) is 63.1 Å². The quantitative estimate of drug-likeness (QED) is 0.736. The highest BCUT2D eigenvalue weighted by molar-refractivity contribution is 7.89. The van der Waals surface area contributed by atoms with Gasteiger partial charge in [-0.2, -0.15) is 0 Å². The van der Waals surface area contributed by atoms with E-state index in [1.165, 1.54) is 16.8 Å². The Hall–Kier alpha value is -1.64. The van der Waals surface area contributed by atoms with Gasteiger partial charge in [-0.3, -0.25) is 4.90 Å². The summed E-state index contributed by atoms with van der Waals surface area (Å²) < 4.78 is 28.6. The summed E-state index contributed by atoms with van der Waals surface area (Å²) in [6.45, 7) is 5.16. The lowest BCUT2D eigenvalue weighted by Crippen LogP contribution is -2.48. The Morgan fingerprint density at radius 2 is 1.70 bits per heavy atom. The molecule has 2 aromatic carbocycles. The zero-order valence-corrected chi connectivity index (χ0v) is 19.1. The first-order valence-corrected chi connectivity index (χ1v) is 12.2. The number of halogens is 1. The predicted octanol–water partition coefficient (Wildman–Crippen LogP) is 2.60. The van der Waals surface area contributed by atoms with Crippen molar-refractivity contribution in [3.05, 3.63) is 58.6 Å². The van der Waals surface area contributed by atoms with E-state index in [-0.39, 0.29) is 10.9 Å². The Morgan fingerprint density at radius 3 is 2.40 bits per heavy atom. The fraction of sp³-hybridized carbons (Fsp3) is 0.455. The number of piperazine rings is 1. The summed E-state index contributed by atoms with van der Waals surface area (Å²) in [6.07, 6.45) is 1.03. The van der Waals surface area contributed by atoms with Crippen LogP contribution in [0, 0.1) is 0 Å². The third-order valence-corrected chi connectivity index (χ3v) is 7.88. The molecule has 1 fully saturated rings. The van der Waals surface area contributed by atoms with Crippen LogP contribution in [0.1, 0.15) is 17.2 Å². The zero-order valence-electron chi connectivity index (χ0n) is 17.5. The van der Waals surface area contributed by atoms with Crippen molar-refractivity contribution in [3.63, 3.8) is 0 Å². The van der Waals surface area contributed by atoms with E-state index in [9.17, 15) is 8.42 Å². The SMILES string of the molecule is CN1CCN([C@H](CNS(=O)(=O)c2ccc(Cl)cc2)c2ccc3c(c2)CCN3C)CC1. The molecule has 0 saturated carbocycles. The molecule has 6 nitrogen and oxygen atoms in total. The first-order valence-electron chi connectivity index (χ1n) is 10.4. The van der Waals surface area contributed by atoms with Gasteiger partial charge in [0.15, 0.2) is 0 Å². The molecule has 0 radical (unpaired) electrons. The minimum atomic E-state index is -3.60. The first-order chi connectivity index (χ1) is 14.3. The number of hydrogen-bond acceptors (Lipinski definition) is 5. The van der Waals surface area contributed by atoms with Gasteiger partial charge in [-0.05, 0) is 54.9 Å². The Morgan fingerprint density at radius 1 is 1.00 bits per heavy atom. The first kappa shape index (κ1) is 21.6. The van der Waals surface area contributed by atoms with Crippen LogP contribution in [-0.4, -0.2) is 71.6 Å². The summed E-state index contributed by atoms with van der Waals surface area (Å²) >= 11 is 5.91. The maximum absolute atomic E-state index is 12.9. The van der Waals surface area contributed by atoms with Crippen molar-refractivity contribution in [3.8, 4) is 0 Å². The summed E-state index contributed by atoms with van der Waals surface area (Å²) in [4.78, 5) is 7.21. The molecule has 8 heteroatoms. The molecule has 0 spiro atoms. The summed E-state index contributed by atoms with van der Waals surface area (Å²) in [5, 5.41) is 0.521. The van der Waals surface area contributed by atoms with Crippen LogP contribution in [0.2, 0.25) is 5.02 Å². The number of likely N-dealkylation sites (N-methyl/N-ethyl adjacent to an activating group) is 2. The molecule has 1 atom stereocenters. The fourth-order valence-corrected chi connectivity index (χ4v) is 5.44. The standard InChI is InChI=1S/C22H29ClN4O2S/c1-25-11-13-27(14-12-25)22(17-3-8-21-18(15-17)9-10-26(21)2)16-24-30(28,29)20-6-4-19(23)5-7-20/h3-8,15,22,24H,9-14,16H2,1-2H3/t22-/m1/s1. The second-order valence-electron chi connectivity index (χ2n) is 8.22. The smallest absolute Gasteiger partial charge is 0.240 e. The monoisotopic (exact) mass is 448 g/mol. The second-order valence-corrected chi connectivity index (χ2v) is 10.4. The molecule has 4 rings (SSSR count). The van der Waals surface area contributed by atoms with Crippen molar-refractivity contribution in [2.75, 3.05) is 58.3 Å². The average molecular weight is 449 g/mol. The molecule has 0 bridgehead atoms. The van der Waals surface area contributed by atoms with Gasteiger partial charge in [-0.15, -0.1) is 0 Å². The molecule has 30 heavy (non-hydrogen) atoms. The van der Waals surface area contributed by atoms with Crippen LogP contribution in [-0.2, 0) is 16.4 Å². The maximum Gasteiger partial charge on any atom is 0.240 e. The highest BCUT2D eigenvalue weighted by atomic mass is 35.5. The van der Waals surface area contributed by atoms with E-state index in [1.54, 1.807) is 24.3 Å². The third kappa shape index (κ3) is 4.65. The van der Waals surface area contributed by atoms with Crippen LogP contribution in [0.3, 0.4) is 0 Å². The number of benzene rings is 2. The zero-order chi connectivity index (χ0) is 21.3. The number of fused-ring (bicyclic) bond motifs is 1. The number of nitrogens with zero attached hydrogens (tertiary/aromatic N) is 3. The van der Waals surface area contributed by atoms with E-state index < -0.39 is 10.0 Å². The molecule has 0 amide bonds. The van der Waals surface area contributed by atoms with Gasteiger partial charge in [-0.25, -0.2) is 13.1 Å². The number of sulfonamides is 1. The predicted molar refractivity (Wildman–Crippen MR) is 122 cm³/mol. The van der Waals surface area contributed by atoms with Crippen molar-refractivity contribution in [2.24, 2.45) is 0 Å². The van der Waals surface area contributed by atoms with Gasteiger partial charge in [0.05, 0.1) is 4.90 Å². The summed E-state index contributed by atoms with van der Waals surface area (Å²) in [7, 11) is 0.637. The van der Waals surface area contributed by atoms with E-state index >= 15 is 0 Å². The summed E-state index contributed by atoms with van der Waals surface area (Å²) in [5.74, 6) is 0. The number of rotatable bonds is 6. The largest absolute Gasteiger partial charge is 0.374 e. The Balaban J connectivity index is 1.57. The van der Waals surface area contributed by atoms with Crippen molar-refractivity contribution < 1.29 is 8.42 Å². The van der Waals surface area contributed by atoms with Crippen molar-refractivity contribution in [1.29, 1.82) is 0 Å². The Labute approximate surface area is 184 Å². The molecule has 2 aromatic rings. The number of anilines is 1. The van der Waals surface area contributed by atoms with Crippen LogP contribution < -0.4 is 9.62 Å². The van der Waals surface area contributed by atoms with Gasteiger partial charge >= 0.3 is 0 Å². The molecule has 162 valence electrons.